The van der Waals surface area contributed by atoms with Crippen molar-refractivity contribution in [3.8, 4) is 0 Å². The second-order valence-electron chi connectivity index (χ2n) is 5.85. The molecular formula is C19H15Cl2N5O4. The van der Waals surface area contributed by atoms with E-state index in [2.05, 4.69) is 20.6 Å². The maximum atomic E-state index is 11.9. The van der Waals surface area contributed by atoms with Gasteiger partial charge in [0.25, 0.3) is 0 Å². The number of ether oxygens (including phenoxy) is 1. The molecule has 0 saturated heterocycles. The lowest BCUT2D eigenvalue weighted by Crippen LogP contribution is -2.07. The highest BCUT2D eigenvalue weighted by atomic mass is 35.5. The van der Waals surface area contributed by atoms with Gasteiger partial charge in [-0.2, -0.15) is 0 Å². The van der Waals surface area contributed by atoms with E-state index < -0.39 is 16.6 Å². The van der Waals surface area contributed by atoms with Crippen LogP contribution < -0.4 is 10.6 Å². The minimum Gasteiger partial charge on any atom is -0.462 e. The van der Waals surface area contributed by atoms with E-state index in [9.17, 15) is 14.9 Å². The Morgan fingerprint density at radius 3 is 2.57 bits per heavy atom. The molecule has 0 saturated carbocycles. The zero-order valence-electron chi connectivity index (χ0n) is 15.6. The molecule has 11 heteroatoms. The number of halogens is 2. The molecule has 0 radical (unpaired) electrons. The first-order chi connectivity index (χ1) is 14.4. The van der Waals surface area contributed by atoms with Gasteiger partial charge in [-0.1, -0.05) is 29.3 Å². The van der Waals surface area contributed by atoms with Crippen molar-refractivity contribution < 1.29 is 14.5 Å². The van der Waals surface area contributed by atoms with Crippen LogP contribution in [0, 0.1) is 10.1 Å². The Morgan fingerprint density at radius 2 is 1.87 bits per heavy atom. The topological polar surface area (TPSA) is 119 Å². The zero-order valence-corrected chi connectivity index (χ0v) is 17.1. The molecule has 1 aromatic heterocycles. The Hall–Kier alpha value is -3.43. The van der Waals surface area contributed by atoms with Crippen LogP contribution in [0.25, 0.3) is 0 Å². The van der Waals surface area contributed by atoms with Gasteiger partial charge in [0.15, 0.2) is 0 Å². The summed E-state index contributed by atoms with van der Waals surface area (Å²) in [6, 6.07) is 11.0. The fraction of sp³-hybridized carbons (Fsp3) is 0.105. The average molecular weight is 448 g/mol. The van der Waals surface area contributed by atoms with Gasteiger partial charge >= 0.3 is 11.7 Å². The van der Waals surface area contributed by atoms with Gasteiger partial charge in [0.1, 0.15) is 6.33 Å². The Bertz CT molecular complexity index is 1110. The van der Waals surface area contributed by atoms with Crippen LogP contribution >= 0.6 is 23.2 Å². The summed E-state index contributed by atoms with van der Waals surface area (Å²) < 4.78 is 4.97. The predicted molar refractivity (Wildman–Crippen MR) is 114 cm³/mol. The lowest BCUT2D eigenvalue weighted by molar-refractivity contribution is -0.383. The quantitative estimate of drug-likeness (QED) is 0.282. The van der Waals surface area contributed by atoms with Crippen molar-refractivity contribution in [3.05, 3.63) is 74.5 Å². The molecule has 3 aromatic rings. The normalized spacial score (nSPS) is 10.4. The van der Waals surface area contributed by atoms with E-state index in [1.165, 1.54) is 12.1 Å². The largest absolute Gasteiger partial charge is 0.462 e. The Labute approximate surface area is 181 Å². The molecule has 1 heterocycles. The van der Waals surface area contributed by atoms with Crippen LogP contribution in [-0.4, -0.2) is 27.5 Å². The van der Waals surface area contributed by atoms with E-state index in [0.717, 1.165) is 6.33 Å². The van der Waals surface area contributed by atoms with Crippen molar-refractivity contribution in [1.29, 1.82) is 0 Å². The number of rotatable bonds is 7. The number of carbonyl (C=O) groups is 1. The first-order valence-electron chi connectivity index (χ1n) is 8.64. The highest BCUT2D eigenvalue weighted by Gasteiger charge is 2.24. The molecule has 30 heavy (non-hydrogen) atoms. The summed E-state index contributed by atoms with van der Waals surface area (Å²) in [5.74, 6) is -0.656. The van der Waals surface area contributed by atoms with Gasteiger partial charge in [-0.25, -0.2) is 14.8 Å². The molecule has 0 aliphatic heterocycles. The highest BCUT2D eigenvalue weighted by molar-refractivity contribution is 6.35. The third-order valence-electron chi connectivity index (χ3n) is 3.82. The summed E-state index contributed by atoms with van der Waals surface area (Å²) in [7, 11) is 0. The molecule has 0 fully saturated rings. The van der Waals surface area contributed by atoms with E-state index in [1.54, 1.807) is 37.3 Å². The summed E-state index contributed by atoms with van der Waals surface area (Å²) in [5.41, 5.74) is 0.646. The van der Waals surface area contributed by atoms with Crippen LogP contribution in [-0.2, 0) is 4.74 Å². The number of nitrogens with zero attached hydrogens (tertiary/aromatic N) is 3. The van der Waals surface area contributed by atoms with Crippen LogP contribution in [0.5, 0.6) is 0 Å². The monoisotopic (exact) mass is 447 g/mol. The standard InChI is InChI=1S/C19H15Cl2N5O4/c1-2-30-19(27)11-4-3-5-13(8-11)24-17-16(26(28)29)18(23-10-22-17)25-15-9-12(20)6-7-14(15)21/h3-10H,2H2,1H3,(H2,22,23,24,25). The van der Waals surface area contributed by atoms with Gasteiger partial charge in [-0.15, -0.1) is 0 Å². The lowest BCUT2D eigenvalue weighted by Gasteiger charge is -2.12. The molecule has 0 spiro atoms. The van der Waals surface area contributed by atoms with Gasteiger partial charge in [-0.3, -0.25) is 10.1 Å². The van der Waals surface area contributed by atoms with Gasteiger partial charge < -0.3 is 15.4 Å². The second kappa shape index (κ2) is 9.38. The number of nitrogens with one attached hydrogen (secondary N) is 2. The summed E-state index contributed by atoms with van der Waals surface area (Å²) in [4.78, 5) is 31.0. The maximum absolute atomic E-state index is 11.9. The Kier molecular flexibility index (Phi) is 6.65. The van der Waals surface area contributed by atoms with Crippen molar-refractivity contribution >= 4 is 57.9 Å². The van der Waals surface area contributed by atoms with E-state index in [0.29, 0.717) is 27.0 Å². The van der Waals surface area contributed by atoms with E-state index in [-0.39, 0.29) is 18.2 Å². The maximum Gasteiger partial charge on any atom is 0.353 e. The molecule has 0 bridgehead atoms. The van der Waals surface area contributed by atoms with Gasteiger partial charge in [0, 0.05) is 10.7 Å². The minimum atomic E-state index is -0.627. The van der Waals surface area contributed by atoms with Crippen LogP contribution in [0.2, 0.25) is 10.0 Å². The lowest BCUT2D eigenvalue weighted by atomic mass is 10.2. The second-order valence-corrected chi connectivity index (χ2v) is 6.70. The minimum absolute atomic E-state index is 0.0725. The summed E-state index contributed by atoms with van der Waals surface area (Å²) >= 11 is 12.1. The van der Waals surface area contributed by atoms with Crippen molar-refractivity contribution in [2.24, 2.45) is 0 Å². The third-order valence-corrected chi connectivity index (χ3v) is 4.39. The molecule has 0 aliphatic rings. The molecule has 0 atom stereocenters. The molecule has 2 N–H and O–H groups in total. The van der Waals surface area contributed by atoms with Crippen molar-refractivity contribution in [2.45, 2.75) is 6.92 Å². The number of benzene rings is 2. The number of esters is 1. The summed E-state index contributed by atoms with van der Waals surface area (Å²) in [6.45, 7) is 1.93. The Balaban J connectivity index is 1.96. The molecule has 0 aliphatic carbocycles. The van der Waals surface area contributed by atoms with Crippen LogP contribution in [0.3, 0.4) is 0 Å². The van der Waals surface area contributed by atoms with E-state index in [1.807, 2.05) is 0 Å². The molecule has 9 nitrogen and oxygen atoms in total. The number of carbonyl (C=O) groups excluding carboxylic acids is 1. The molecule has 154 valence electrons. The van der Waals surface area contributed by atoms with Crippen LogP contribution in [0.4, 0.5) is 28.7 Å². The van der Waals surface area contributed by atoms with Gasteiger partial charge in [0.05, 0.1) is 27.8 Å². The third kappa shape index (κ3) is 4.94. The summed E-state index contributed by atoms with van der Waals surface area (Å²) in [5, 5.41) is 18.1. The first-order valence-corrected chi connectivity index (χ1v) is 9.40. The van der Waals surface area contributed by atoms with Crippen molar-refractivity contribution in [3.63, 3.8) is 0 Å². The van der Waals surface area contributed by atoms with E-state index in [4.69, 9.17) is 27.9 Å². The van der Waals surface area contributed by atoms with Crippen LogP contribution in [0.1, 0.15) is 17.3 Å². The highest BCUT2D eigenvalue weighted by Crippen LogP contribution is 2.35. The number of aromatic nitrogens is 2. The molecule has 3 rings (SSSR count). The van der Waals surface area contributed by atoms with Gasteiger partial charge in [-0.05, 0) is 43.3 Å². The summed E-state index contributed by atoms with van der Waals surface area (Å²) in [6.07, 6.45) is 1.16. The average Bonchev–Trinajstić information content (AvgIpc) is 2.71. The molecule has 2 aromatic carbocycles. The number of hydrogen-bond donors (Lipinski definition) is 2. The van der Waals surface area contributed by atoms with Crippen molar-refractivity contribution in [2.75, 3.05) is 17.2 Å². The predicted octanol–water partition coefficient (Wildman–Crippen LogP) is 5.36. The van der Waals surface area contributed by atoms with E-state index >= 15 is 0 Å². The molecular weight excluding hydrogens is 433 g/mol. The first kappa shape index (κ1) is 21.3. The molecule has 0 amide bonds. The fourth-order valence-electron chi connectivity index (χ4n) is 2.53. The SMILES string of the molecule is CCOC(=O)c1cccc(Nc2ncnc(Nc3cc(Cl)ccc3Cl)c2[N+](=O)[O-])c1. The fourth-order valence-corrected chi connectivity index (χ4v) is 2.87. The Morgan fingerprint density at radius 1 is 1.13 bits per heavy atom. The zero-order chi connectivity index (χ0) is 21.7. The number of hydrogen-bond acceptors (Lipinski definition) is 8. The number of nitro groups is 1. The van der Waals surface area contributed by atoms with Crippen LogP contribution in [0.15, 0.2) is 48.8 Å². The smallest absolute Gasteiger partial charge is 0.353 e. The molecule has 0 unspecified atom stereocenters. The van der Waals surface area contributed by atoms with Gasteiger partial charge in [0.2, 0.25) is 11.6 Å². The van der Waals surface area contributed by atoms with Crippen molar-refractivity contribution in [1.82, 2.24) is 9.97 Å². The number of anilines is 4.